The number of hydrogen-bond donors (Lipinski definition) is 0. The zero-order valence-electron chi connectivity index (χ0n) is 9.24. The van der Waals surface area contributed by atoms with Gasteiger partial charge in [-0.25, -0.2) is 0 Å². The van der Waals surface area contributed by atoms with Crippen LogP contribution in [0.2, 0.25) is 0 Å². The third-order valence-corrected chi connectivity index (χ3v) is 4.18. The lowest BCUT2D eigenvalue weighted by Crippen LogP contribution is -2.19. The van der Waals surface area contributed by atoms with E-state index in [0.717, 1.165) is 6.61 Å². The smallest absolute Gasteiger partial charge is 0.0767 e. The molecule has 1 aromatic rings. The molecule has 1 saturated heterocycles. The van der Waals surface area contributed by atoms with E-state index in [1.165, 1.54) is 17.5 Å². The van der Waals surface area contributed by atoms with E-state index >= 15 is 0 Å². The third kappa shape index (κ3) is 2.43. The first kappa shape index (κ1) is 11.2. The third-order valence-electron chi connectivity index (χ3n) is 3.13. The molecule has 1 heterocycles. The monoisotopic (exact) mass is 268 g/mol. The molecule has 2 heteroatoms. The van der Waals surface area contributed by atoms with E-state index in [0.29, 0.717) is 16.8 Å². The second kappa shape index (κ2) is 4.67. The van der Waals surface area contributed by atoms with Gasteiger partial charge in [-0.05, 0) is 24.8 Å². The molecule has 2 rings (SSSR count). The molecule has 0 bridgehead atoms. The molecule has 1 fully saturated rings. The lowest BCUT2D eigenvalue weighted by molar-refractivity contribution is 0.0935. The fourth-order valence-electron chi connectivity index (χ4n) is 2.03. The van der Waals surface area contributed by atoms with Gasteiger partial charge in [-0.15, -0.1) is 0 Å². The summed E-state index contributed by atoms with van der Waals surface area (Å²) in [6, 6.07) is 8.68. The number of ether oxygens (including phenoxy) is 1. The van der Waals surface area contributed by atoms with Crippen LogP contribution in [-0.2, 0) is 4.74 Å². The summed E-state index contributed by atoms with van der Waals surface area (Å²) in [5, 5.41) is 0. The molecule has 0 amide bonds. The van der Waals surface area contributed by atoms with Gasteiger partial charge in [0.25, 0.3) is 0 Å². The standard InChI is InChI=1S/C13H17BrO/c1-9-3-5-11(6-4-9)12(14)13-10(2)7-8-15-13/h3-6,10,12-13H,7-8H2,1-2H3. The SMILES string of the molecule is Cc1ccc(C(Br)C2OCCC2C)cc1. The van der Waals surface area contributed by atoms with Crippen LogP contribution >= 0.6 is 15.9 Å². The zero-order chi connectivity index (χ0) is 10.8. The van der Waals surface area contributed by atoms with E-state index in [2.05, 4.69) is 54.0 Å². The molecule has 3 atom stereocenters. The maximum Gasteiger partial charge on any atom is 0.0767 e. The van der Waals surface area contributed by atoms with Gasteiger partial charge >= 0.3 is 0 Å². The molecule has 0 aromatic heterocycles. The second-order valence-corrected chi connectivity index (χ2v) is 5.40. The Kier molecular flexibility index (Phi) is 3.47. The van der Waals surface area contributed by atoms with Crippen LogP contribution < -0.4 is 0 Å². The Bertz CT molecular complexity index is 320. The lowest BCUT2D eigenvalue weighted by Gasteiger charge is -2.21. The van der Waals surface area contributed by atoms with Crippen LogP contribution in [0.5, 0.6) is 0 Å². The molecule has 0 spiro atoms. The lowest BCUT2D eigenvalue weighted by atomic mass is 9.97. The van der Waals surface area contributed by atoms with Crippen molar-refractivity contribution in [3.05, 3.63) is 35.4 Å². The van der Waals surface area contributed by atoms with Gasteiger partial charge < -0.3 is 4.74 Å². The molecule has 1 aliphatic rings. The van der Waals surface area contributed by atoms with Crippen LogP contribution in [0.4, 0.5) is 0 Å². The van der Waals surface area contributed by atoms with E-state index in [-0.39, 0.29) is 0 Å². The Balaban J connectivity index is 2.13. The highest BCUT2D eigenvalue weighted by molar-refractivity contribution is 9.09. The molecule has 1 aromatic carbocycles. The largest absolute Gasteiger partial charge is 0.376 e. The average molecular weight is 269 g/mol. The Morgan fingerprint density at radius 2 is 2.00 bits per heavy atom. The van der Waals surface area contributed by atoms with Crippen LogP contribution in [0.1, 0.15) is 29.3 Å². The van der Waals surface area contributed by atoms with Gasteiger partial charge in [-0.1, -0.05) is 52.7 Å². The number of aryl methyl sites for hydroxylation is 1. The summed E-state index contributed by atoms with van der Waals surface area (Å²) < 4.78 is 5.76. The zero-order valence-corrected chi connectivity index (χ0v) is 10.8. The molecular weight excluding hydrogens is 252 g/mol. The van der Waals surface area contributed by atoms with Gasteiger partial charge in [0.1, 0.15) is 0 Å². The van der Waals surface area contributed by atoms with Gasteiger partial charge in [0, 0.05) is 6.61 Å². The molecule has 3 unspecified atom stereocenters. The van der Waals surface area contributed by atoms with Gasteiger partial charge in [-0.3, -0.25) is 0 Å². The summed E-state index contributed by atoms with van der Waals surface area (Å²) in [6.07, 6.45) is 1.51. The Hall–Kier alpha value is -0.340. The highest BCUT2D eigenvalue weighted by Crippen LogP contribution is 2.37. The first-order chi connectivity index (χ1) is 7.18. The topological polar surface area (TPSA) is 9.23 Å². The maximum atomic E-state index is 5.76. The summed E-state index contributed by atoms with van der Waals surface area (Å²) in [7, 11) is 0. The minimum absolute atomic E-state index is 0.327. The van der Waals surface area contributed by atoms with Crippen LogP contribution in [0.3, 0.4) is 0 Å². The fraction of sp³-hybridized carbons (Fsp3) is 0.538. The first-order valence-corrected chi connectivity index (χ1v) is 6.42. The number of rotatable bonds is 2. The normalized spacial score (nSPS) is 27.9. The van der Waals surface area contributed by atoms with Crippen LogP contribution in [0.15, 0.2) is 24.3 Å². The van der Waals surface area contributed by atoms with Crippen molar-refractivity contribution in [1.82, 2.24) is 0 Å². The van der Waals surface area contributed by atoms with Crippen LogP contribution in [-0.4, -0.2) is 12.7 Å². The summed E-state index contributed by atoms with van der Waals surface area (Å²) in [5.41, 5.74) is 2.62. The second-order valence-electron chi connectivity index (χ2n) is 4.41. The van der Waals surface area contributed by atoms with Crippen molar-refractivity contribution >= 4 is 15.9 Å². The van der Waals surface area contributed by atoms with Crippen molar-refractivity contribution in [3.8, 4) is 0 Å². The molecular formula is C13H17BrO. The Morgan fingerprint density at radius 3 is 2.53 bits per heavy atom. The predicted octanol–water partition coefficient (Wildman–Crippen LogP) is 3.86. The van der Waals surface area contributed by atoms with Crippen molar-refractivity contribution in [2.75, 3.05) is 6.61 Å². The van der Waals surface area contributed by atoms with Crippen molar-refractivity contribution in [2.24, 2.45) is 5.92 Å². The molecule has 0 aliphatic carbocycles. The molecule has 0 saturated carbocycles. The molecule has 15 heavy (non-hydrogen) atoms. The van der Waals surface area contributed by atoms with Crippen molar-refractivity contribution in [2.45, 2.75) is 31.2 Å². The van der Waals surface area contributed by atoms with E-state index in [1.807, 2.05) is 0 Å². The Labute approximate surface area is 100.0 Å². The highest BCUT2D eigenvalue weighted by atomic mass is 79.9. The van der Waals surface area contributed by atoms with E-state index < -0.39 is 0 Å². The number of benzene rings is 1. The predicted molar refractivity (Wildman–Crippen MR) is 66.4 cm³/mol. The number of alkyl halides is 1. The summed E-state index contributed by atoms with van der Waals surface area (Å²) >= 11 is 3.75. The minimum Gasteiger partial charge on any atom is -0.376 e. The van der Waals surface area contributed by atoms with E-state index in [4.69, 9.17) is 4.74 Å². The molecule has 1 aliphatic heterocycles. The minimum atomic E-state index is 0.327. The Morgan fingerprint density at radius 1 is 1.33 bits per heavy atom. The number of halogens is 1. The molecule has 1 nitrogen and oxygen atoms in total. The van der Waals surface area contributed by atoms with Gasteiger partial charge in [0.2, 0.25) is 0 Å². The highest BCUT2D eigenvalue weighted by Gasteiger charge is 2.31. The fourth-order valence-corrected chi connectivity index (χ4v) is 3.01. The van der Waals surface area contributed by atoms with Crippen molar-refractivity contribution in [3.63, 3.8) is 0 Å². The van der Waals surface area contributed by atoms with Crippen molar-refractivity contribution in [1.29, 1.82) is 0 Å². The van der Waals surface area contributed by atoms with Crippen LogP contribution in [0.25, 0.3) is 0 Å². The first-order valence-electron chi connectivity index (χ1n) is 5.50. The van der Waals surface area contributed by atoms with Gasteiger partial charge in [-0.2, -0.15) is 0 Å². The molecule has 82 valence electrons. The van der Waals surface area contributed by atoms with Crippen LogP contribution in [0, 0.1) is 12.8 Å². The van der Waals surface area contributed by atoms with E-state index in [9.17, 15) is 0 Å². The summed E-state index contributed by atoms with van der Waals surface area (Å²) in [5.74, 6) is 0.649. The van der Waals surface area contributed by atoms with Gasteiger partial charge in [0.05, 0.1) is 10.9 Å². The summed E-state index contributed by atoms with van der Waals surface area (Å²) in [6.45, 7) is 5.28. The molecule has 0 N–H and O–H groups in total. The number of hydrogen-bond acceptors (Lipinski definition) is 1. The van der Waals surface area contributed by atoms with Gasteiger partial charge in [0.15, 0.2) is 0 Å². The quantitative estimate of drug-likeness (QED) is 0.741. The average Bonchev–Trinajstić information content (AvgIpc) is 2.65. The summed E-state index contributed by atoms with van der Waals surface area (Å²) in [4.78, 5) is 0.329. The molecule has 0 radical (unpaired) electrons. The van der Waals surface area contributed by atoms with E-state index in [1.54, 1.807) is 0 Å². The van der Waals surface area contributed by atoms with Crippen molar-refractivity contribution < 1.29 is 4.74 Å². The maximum absolute atomic E-state index is 5.76.